The molecule has 0 spiro atoms. The van der Waals surface area contributed by atoms with Crippen LogP contribution in [0, 0.1) is 0 Å². The minimum absolute atomic E-state index is 0.993. The maximum atomic E-state index is 7.30. The third kappa shape index (κ3) is 12.9. The van der Waals surface area contributed by atoms with Crippen molar-refractivity contribution >= 4 is 125 Å². The summed E-state index contributed by atoms with van der Waals surface area (Å²) in [4.78, 5) is 0. The molecule has 0 nitrogen and oxygen atoms in total. The summed E-state index contributed by atoms with van der Waals surface area (Å²) in [5.41, 5.74) is 0. The molecule has 0 radical (unpaired) electrons. The molecule has 0 heterocycles. The monoisotopic (exact) mass is 1630 g/mol. The van der Waals surface area contributed by atoms with E-state index in [1.165, 1.54) is 0 Å². The molecule has 0 aliphatic carbocycles. The first-order valence-corrected chi connectivity index (χ1v) is 51.1. The Hall–Kier alpha value is -4.39. The minimum atomic E-state index is -3.85. The molecule has 0 amide bonds. The van der Waals surface area contributed by atoms with Gasteiger partial charge in [0.05, 0.1) is 0 Å². The van der Waals surface area contributed by atoms with E-state index in [0.29, 0.717) is 0 Å². The summed E-state index contributed by atoms with van der Waals surface area (Å²) in [5, 5.41) is 0. The van der Waals surface area contributed by atoms with Crippen LogP contribution in [0.5, 0.6) is 0 Å². The topological polar surface area (TPSA) is 0 Å². The first-order valence-electron chi connectivity index (χ1n) is 25.8. The van der Waals surface area contributed by atoms with Crippen LogP contribution in [-0.4, -0.2) is 0 Å². The number of rotatable bonds is 12. The zero-order valence-electron chi connectivity index (χ0n) is 44.9. The van der Waals surface area contributed by atoms with Gasteiger partial charge in [-0.3, -0.25) is 0 Å². The van der Waals surface area contributed by atoms with Gasteiger partial charge < -0.3 is 0 Å². The van der Waals surface area contributed by atoms with Crippen molar-refractivity contribution in [2.24, 2.45) is 0 Å². The van der Waals surface area contributed by atoms with Gasteiger partial charge in [-0.05, 0) is 0 Å². The summed E-state index contributed by atoms with van der Waals surface area (Å²) in [5.74, 6) is 0. The predicted molar refractivity (Wildman–Crippen MR) is 360 cm³/mol. The number of halogens is 8. The van der Waals surface area contributed by atoms with Crippen LogP contribution in [0.4, 0.5) is 0 Å². The van der Waals surface area contributed by atoms with Crippen molar-refractivity contribution in [3.05, 3.63) is 364 Å². The molecule has 12 rings (SSSR count). The second kappa shape index (κ2) is 27.3. The quantitative estimate of drug-likeness (QED) is 0.107. The molecule has 0 fully saturated rings. The van der Waals surface area contributed by atoms with Crippen LogP contribution in [0.15, 0.2) is 364 Å². The molecule has 0 atom stereocenters. The zero-order valence-corrected chi connectivity index (χ0v) is 57.2. The van der Waals surface area contributed by atoms with Crippen molar-refractivity contribution in [3.63, 3.8) is 0 Å². The molecule has 0 bridgehead atoms. The average Bonchev–Trinajstić information content (AvgIpc) is 1.43. The van der Waals surface area contributed by atoms with Gasteiger partial charge in [-0.25, -0.2) is 0 Å². The fourth-order valence-corrected chi connectivity index (χ4v) is 40.4. The molecule has 0 aromatic heterocycles. The number of benzene rings is 12. The first-order chi connectivity index (χ1) is 40.5. The van der Waals surface area contributed by atoms with Gasteiger partial charge in [0.2, 0.25) is 0 Å². The van der Waals surface area contributed by atoms with Crippen molar-refractivity contribution in [2.75, 3.05) is 0 Å². The third-order valence-corrected chi connectivity index (χ3v) is 57.1. The fraction of sp³-hybridized carbons (Fsp3) is 0. The van der Waals surface area contributed by atoms with E-state index in [4.69, 9.17) is 76.2 Å². The molecule has 0 saturated carbocycles. The standard InChI is InChI=1S/12C6H5.8ClH.4Pd/c12*1-2-4-6-5-3-1;;;;;;;;;;;;/h12*1-5H;8*1H;;;;/q;;;;;;;;;;;;;;;;;;;;4*+2/p-8. The van der Waals surface area contributed by atoms with Gasteiger partial charge in [0.15, 0.2) is 0 Å². The normalized spacial score (nSPS) is 13.3. The second-order valence-corrected chi connectivity index (χ2v) is 66.6. The average molecular weight is 1630 g/mol. The van der Waals surface area contributed by atoms with Crippen molar-refractivity contribution in [1.82, 2.24) is 0 Å². The first kappa shape index (κ1) is 64.1. The van der Waals surface area contributed by atoms with Crippen molar-refractivity contribution in [2.45, 2.75) is 0 Å². The molecule has 0 N–H and O–H groups in total. The van der Waals surface area contributed by atoms with Gasteiger partial charge in [-0.15, -0.1) is 0 Å². The van der Waals surface area contributed by atoms with Gasteiger partial charge in [-0.2, -0.15) is 0 Å². The summed E-state index contributed by atoms with van der Waals surface area (Å²) in [7, 11) is 58.4. The Morgan fingerprint density at radius 3 is 0.226 bits per heavy atom. The van der Waals surface area contributed by atoms with Gasteiger partial charge in [-0.1, -0.05) is 0 Å². The molecule has 0 saturated heterocycles. The van der Waals surface area contributed by atoms with Crippen molar-refractivity contribution < 1.29 is 49.1 Å². The van der Waals surface area contributed by atoms with E-state index >= 15 is 0 Å². The predicted octanol–water partition coefficient (Wildman–Crippen LogP) is 15.8. The molecule has 12 aromatic rings. The van der Waals surface area contributed by atoms with E-state index in [2.05, 4.69) is 0 Å². The summed E-state index contributed by atoms with van der Waals surface area (Å²) >= 11 is -15.4. The summed E-state index contributed by atoms with van der Waals surface area (Å²) in [6, 6.07) is 120. The van der Waals surface area contributed by atoms with Crippen LogP contribution in [0.2, 0.25) is 0 Å². The Balaban J connectivity index is 0.000000134. The molecule has 444 valence electrons. The summed E-state index contributed by atoms with van der Waals surface area (Å²) in [6.07, 6.45) is 0. The SMILES string of the molecule is [Cl][Pd]([Cl])([c]1ccccc1)([c]1ccccc1)[c]1ccccc1.[Cl][Pd]([Cl])([c]1ccccc1)([c]1ccccc1)[c]1ccccc1.[Cl][Pd]([Cl])([c]1ccccc1)([c]1ccccc1)[c]1ccccc1.[Cl][Pd]([Cl])([c]1ccccc1)([c]1ccccc1)[c]1ccccc1. The molecule has 84 heavy (non-hydrogen) atoms. The third-order valence-electron chi connectivity index (χ3n) is 12.4. The van der Waals surface area contributed by atoms with E-state index in [1.807, 2.05) is 364 Å². The van der Waals surface area contributed by atoms with Crippen LogP contribution in [0.1, 0.15) is 0 Å². The zero-order chi connectivity index (χ0) is 59.1. The van der Waals surface area contributed by atoms with Gasteiger partial charge >= 0.3 is 538 Å². The van der Waals surface area contributed by atoms with Crippen LogP contribution < -0.4 is 48.4 Å². The Morgan fingerprint density at radius 2 is 0.167 bits per heavy atom. The number of hydrogen-bond donors (Lipinski definition) is 0. The Kier molecular flexibility index (Phi) is 20.9. The summed E-state index contributed by atoms with van der Waals surface area (Å²) < 4.78 is 11.9. The van der Waals surface area contributed by atoms with E-state index in [9.17, 15) is 0 Å². The van der Waals surface area contributed by atoms with Crippen LogP contribution in [0.25, 0.3) is 0 Å². The Morgan fingerprint density at radius 1 is 0.107 bits per heavy atom. The van der Waals surface area contributed by atoms with Gasteiger partial charge in [0.25, 0.3) is 0 Å². The number of hydrogen-bond acceptors (Lipinski definition) is 0. The molecule has 0 aliphatic rings. The van der Waals surface area contributed by atoms with Crippen LogP contribution in [-0.2, 0) is 49.1 Å². The van der Waals surface area contributed by atoms with Crippen molar-refractivity contribution in [3.8, 4) is 0 Å². The van der Waals surface area contributed by atoms with E-state index in [-0.39, 0.29) is 0 Å². The molecular formula is C72H60Cl8Pd4. The van der Waals surface area contributed by atoms with E-state index < -0.39 is 49.1 Å². The maximum absolute atomic E-state index is 7.30. The molecule has 12 heteroatoms. The Bertz CT molecular complexity index is 3020. The molecule has 12 aromatic carbocycles. The van der Waals surface area contributed by atoms with E-state index in [1.54, 1.807) is 0 Å². The van der Waals surface area contributed by atoms with Gasteiger partial charge in [0.1, 0.15) is 0 Å². The molecule has 0 aliphatic heterocycles. The molecule has 0 unspecified atom stereocenters. The fourth-order valence-electron chi connectivity index (χ4n) is 8.32. The van der Waals surface area contributed by atoms with E-state index in [0.717, 1.165) is 48.4 Å². The summed E-state index contributed by atoms with van der Waals surface area (Å²) in [6.45, 7) is 0. The van der Waals surface area contributed by atoms with Crippen LogP contribution >= 0.6 is 76.2 Å². The Labute approximate surface area is 530 Å². The van der Waals surface area contributed by atoms with Crippen LogP contribution in [0.3, 0.4) is 0 Å². The van der Waals surface area contributed by atoms with Gasteiger partial charge in [0, 0.05) is 0 Å². The second-order valence-electron chi connectivity index (χ2n) is 17.7. The van der Waals surface area contributed by atoms with Crippen molar-refractivity contribution in [1.29, 1.82) is 0 Å². The molecular weight excluding hydrogens is 1570 g/mol.